The van der Waals surface area contributed by atoms with Crippen LogP contribution in [0.3, 0.4) is 0 Å². The van der Waals surface area contributed by atoms with Gasteiger partial charge < -0.3 is 10.6 Å². The first-order chi connectivity index (χ1) is 11.5. The van der Waals surface area contributed by atoms with Crippen molar-refractivity contribution in [1.82, 2.24) is 14.9 Å². The lowest BCUT2D eigenvalue weighted by Gasteiger charge is -2.23. The van der Waals surface area contributed by atoms with Crippen molar-refractivity contribution in [1.29, 1.82) is 0 Å². The maximum absolute atomic E-state index is 13.0. The van der Waals surface area contributed by atoms with Crippen LogP contribution in [0.2, 0.25) is 5.02 Å². The first-order valence-corrected chi connectivity index (χ1v) is 8.46. The number of carbonyl (C=O) groups excluding carboxylic acids is 1. The van der Waals surface area contributed by atoms with Gasteiger partial charge in [0.1, 0.15) is 5.82 Å². The van der Waals surface area contributed by atoms with Gasteiger partial charge in [-0.2, -0.15) is 0 Å². The Bertz CT molecular complexity index is 676. The zero-order valence-corrected chi connectivity index (χ0v) is 14.8. The summed E-state index contributed by atoms with van der Waals surface area (Å²) in [5.41, 5.74) is 6.92. The van der Waals surface area contributed by atoms with E-state index >= 15 is 0 Å². The van der Waals surface area contributed by atoms with Gasteiger partial charge in [-0.05, 0) is 18.5 Å². The minimum atomic E-state index is -0.193. The van der Waals surface area contributed by atoms with E-state index in [9.17, 15) is 4.79 Å². The monoisotopic (exact) mass is 346 g/mol. The molecule has 2 N–H and O–H groups in total. The first kappa shape index (κ1) is 18.4. The minimum Gasteiger partial charge on any atom is -0.333 e. The molecule has 24 heavy (non-hydrogen) atoms. The molecule has 0 unspecified atom stereocenters. The van der Waals surface area contributed by atoms with Crippen molar-refractivity contribution in [2.75, 3.05) is 13.1 Å². The van der Waals surface area contributed by atoms with Crippen LogP contribution in [0.5, 0.6) is 0 Å². The molecule has 1 amide bonds. The fourth-order valence-electron chi connectivity index (χ4n) is 2.30. The molecule has 0 saturated heterocycles. The lowest BCUT2D eigenvalue weighted by atomic mass is 10.2. The van der Waals surface area contributed by atoms with E-state index in [0.717, 1.165) is 12.0 Å². The number of amides is 1. The van der Waals surface area contributed by atoms with Gasteiger partial charge in [0, 0.05) is 19.0 Å². The molecule has 0 atom stereocenters. The summed E-state index contributed by atoms with van der Waals surface area (Å²) in [5.74, 6) is 0.545. The number of carbonyl (C=O) groups is 1. The lowest BCUT2D eigenvalue weighted by molar-refractivity contribution is 0.0736. The molecule has 0 aliphatic rings. The molecule has 2 aromatic rings. The van der Waals surface area contributed by atoms with E-state index in [1.165, 1.54) is 6.20 Å². The third-order valence-electron chi connectivity index (χ3n) is 3.62. The third kappa shape index (κ3) is 4.76. The maximum atomic E-state index is 13.0. The number of hydrogen-bond donors (Lipinski definition) is 1. The number of nitrogens with two attached hydrogens (primary N) is 1. The van der Waals surface area contributed by atoms with Crippen molar-refractivity contribution < 1.29 is 4.79 Å². The summed E-state index contributed by atoms with van der Waals surface area (Å²) >= 11 is 6.18. The minimum absolute atomic E-state index is 0.125. The molecule has 6 heteroatoms. The van der Waals surface area contributed by atoms with Gasteiger partial charge in [0.2, 0.25) is 0 Å². The summed E-state index contributed by atoms with van der Waals surface area (Å²) < 4.78 is 0. The van der Waals surface area contributed by atoms with Crippen molar-refractivity contribution >= 4 is 17.5 Å². The van der Waals surface area contributed by atoms with E-state index < -0.39 is 0 Å². The zero-order chi connectivity index (χ0) is 17.5. The molecule has 0 aliphatic heterocycles. The van der Waals surface area contributed by atoms with Crippen LogP contribution in [0.1, 0.15) is 48.1 Å². The quantitative estimate of drug-likeness (QED) is 0.835. The number of halogens is 1. The van der Waals surface area contributed by atoms with Crippen LogP contribution in [0.25, 0.3) is 0 Å². The molecule has 0 bridgehead atoms. The number of hydrogen-bond acceptors (Lipinski definition) is 4. The summed E-state index contributed by atoms with van der Waals surface area (Å²) in [6, 6.07) is 9.84. The van der Waals surface area contributed by atoms with Crippen molar-refractivity contribution in [3.05, 3.63) is 58.6 Å². The summed E-state index contributed by atoms with van der Waals surface area (Å²) in [4.78, 5) is 23.3. The van der Waals surface area contributed by atoms with Gasteiger partial charge in [0.05, 0.1) is 11.2 Å². The molecule has 5 nitrogen and oxygen atoms in total. The predicted molar refractivity (Wildman–Crippen MR) is 96.0 cm³/mol. The SMILES string of the molecule is CC(C)c1ncc(Cl)c(C(=O)N(CCCN)Cc2ccccc2)n1. The maximum Gasteiger partial charge on any atom is 0.274 e. The zero-order valence-electron chi connectivity index (χ0n) is 14.1. The summed E-state index contributed by atoms with van der Waals surface area (Å²) in [6.45, 7) is 5.53. The Labute approximate surface area is 147 Å². The van der Waals surface area contributed by atoms with E-state index in [4.69, 9.17) is 17.3 Å². The molecule has 0 aliphatic carbocycles. The van der Waals surface area contributed by atoms with Crippen LogP contribution in [-0.2, 0) is 6.54 Å². The second-order valence-electron chi connectivity index (χ2n) is 5.93. The first-order valence-electron chi connectivity index (χ1n) is 8.08. The second kappa shape index (κ2) is 8.76. The fourth-order valence-corrected chi connectivity index (χ4v) is 2.47. The number of aromatic nitrogens is 2. The molecule has 0 fully saturated rings. The molecule has 2 rings (SSSR count). The standard InChI is InChI=1S/C18H23ClN4O/c1-13(2)17-21-11-15(19)16(22-17)18(24)23(10-6-9-20)12-14-7-4-3-5-8-14/h3-5,7-8,11,13H,6,9-10,12,20H2,1-2H3. The van der Waals surface area contributed by atoms with E-state index in [2.05, 4.69) is 9.97 Å². The van der Waals surface area contributed by atoms with Gasteiger partial charge in [0.25, 0.3) is 5.91 Å². The number of rotatable bonds is 7. The van der Waals surface area contributed by atoms with E-state index in [1.807, 2.05) is 44.2 Å². The van der Waals surface area contributed by atoms with Crippen LogP contribution in [0.4, 0.5) is 0 Å². The van der Waals surface area contributed by atoms with Crippen LogP contribution in [-0.4, -0.2) is 33.9 Å². The third-order valence-corrected chi connectivity index (χ3v) is 3.89. The van der Waals surface area contributed by atoms with Crippen molar-refractivity contribution in [3.8, 4) is 0 Å². The van der Waals surface area contributed by atoms with Crippen LogP contribution >= 0.6 is 11.6 Å². The predicted octanol–water partition coefficient (Wildman–Crippen LogP) is 3.24. The Balaban J connectivity index is 2.28. The van der Waals surface area contributed by atoms with Gasteiger partial charge in [0.15, 0.2) is 5.69 Å². The molecule has 0 spiro atoms. The highest BCUT2D eigenvalue weighted by Crippen LogP contribution is 2.19. The smallest absolute Gasteiger partial charge is 0.274 e. The van der Waals surface area contributed by atoms with Crippen molar-refractivity contribution in [2.24, 2.45) is 5.73 Å². The molecule has 128 valence electrons. The Morgan fingerprint density at radius 2 is 2.00 bits per heavy atom. The molecule has 1 heterocycles. The topological polar surface area (TPSA) is 72.1 Å². The Morgan fingerprint density at radius 1 is 1.29 bits per heavy atom. The molecule has 1 aromatic carbocycles. The van der Waals surface area contributed by atoms with Gasteiger partial charge in [-0.1, -0.05) is 55.8 Å². The lowest BCUT2D eigenvalue weighted by Crippen LogP contribution is -2.33. The van der Waals surface area contributed by atoms with Gasteiger partial charge in [-0.25, -0.2) is 9.97 Å². The molecule has 0 radical (unpaired) electrons. The normalized spacial score (nSPS) is 10.9. The Kier molecular flexibility index (Phi) is 6.70. The van der Waals surface area contributed by atoms with E-state index in [-0.39, 0.29) is 22.5 Å². The van der Waals surface area contributed by atoms with E-state index in [1.54, 1.807) is 4.90 Å². The van der Waals surface area contributed by atoms with Gasteiger partial charge in [-0.15, -0.1) is 0 Å². The van der Waals surface area contributed by atoms with Crippen molar-refractivity contribution in [3.63, 3.8) is 0 Å². The largest absolute Gasteiger partial charge is 0.333 e. The highest BCUT2D eigenvalue weighted by Gasteiger charge is 2.21. The highest BCUT2D eigenvalue weighted by molar-refractivity contribution is 6.33. The molecule has 1 aromatic heterocycles. The number of nitrogens with zero attached hydrogens (tertiary/aromatic N) is 3. The summed E-state index contributed by atoms with van der Waals surface area (Å²) in [5, 5.41) is 0.273. The van der Waals surface area contributed by atoms with Gasteiger partial charge in [-0.3, -0.25) is 4.79 Å². The van der Waals surface area contributed by atoms with Crippen molar-refractivity contribution in [2.45, 2.75) is 32.7 Å². The van der Waals surface area contributed by atoms with Crippen LogP contribution < -0.4 is 5.73 Å². The number of benzene rings is 1. The van der Waals surface area contributed by atoms with Crippen LogP contribution in [0.15, 0.2) is 36.5 Å². The second-order valence-corrected chi connectivity index (χ2v) is 6.34. The fraction of sp³-hybridized carbons (Fsp3) is 0.389. The average Bonchev–Trinajstić information content (AvgIpc) is 2.59. The van der Waals surface area contributed by atoms with Crippen LogP contribution in [0, 0.1) is 0 Å². The van der Waals surface area contributed by atoms with Gasteiger partial charge >= 0.3 is 0 Å². The Hall–Kier alpha value is -1.98. The summed E-state index contributed by atoms with van der Waals surface area (Å²) in [6.07, 6.45) is 2.22. The van der Waals surface area contributed by atoms with E-state index in [0.29, 0.717) is 25.5 Å². The Morgan fingerprint density at radius 3 is 2.62 bits per heavy atom. The average molecular weight is 347 g/mol. The highest BCUT2D eigenvalue weighted by atomic mass is 35.5. The molecule has 0 saturated carbocycles. The molecular weight excluding hydrogens is 324 g/mol. The summed E-state index contributed by atoms with van der Waals surface area (Å²) in [7, 11) is 0. The molecular formula is C18H23ClN4O.